The van der Waals surface area contributed by atoms with Gasteiger partial charge in [-0.1, -0.05) is 156 Å². The molecule has 0 aliphatic carbocycles. The van der Waals surface area contributed by atoms with Gasteiger partial charge in [0.25, 0.3) is 0 Å². The fraction of sp³-hybridized carbons (Fsp3) is 0.0625. The highest BCUT2D eigenvalue weighted by Crippen LogP contribution is 2.42. The van der Waals surface area contributed by atoms with Crippen LogP contribution in [0.5, 0.6) is 0 Å². The minimum absolute atomic E-state index is 0.616. The topological polar surface area (TPSA) is 46.5 Å². The number of aryl methyl sites for hydroxylation is 4. The van der Waals surface area contributed by atoms with Crippen LogP contribution in [0.2, 0.25) is 0 Å². The third kappa shape index (κ3) is 7.05. The van der Waals surface area contributed by atoms with Gasteiger partial charge < -0.3 is 4.57 Å². The highest BCUT2D eigenvalue weighted by Gasteiger charge is 2.21. The number of benzene rings is 9. The summed E-state index contributed by atoms with van der Waals surface area (Å²) in [6, 6.07) is 74.9. The molecule has 3 aromatic heterocycles. The van der Waals surface area contributed by atoms with Gasteiger partial charge in [-0.25, -0.2) is 4.98 Å². The Kier molecular flexibility index (Phi) is 9.74. The maximum atomic E-state index is 9.89. The van der Waals surface area contributed by atoms with Gasteiger partial charge in [0.15, 0.2) is 0 Å². The number of nitriles is 1. The van der Waals surface area contributed by atoms with Gasteiger partial charge in [0, 0.05) is 27.1 Å². The second-order valence-electron chi connectivity index (χ2n) is 18.3. The van der Waals surface area contributed by atoms with Crippen molar-refractivity contribution < 1.29 is 0 Å². The van der Waals surface area contributed by atoms with Crippen LogP contribution in [0, 0.1) is 39.0 Å². The Morgan fingerprint density at radius 1 is 0.338 bits per heavy atom. The van der Waals surface area contributed by atoms with E-state index < -0.39 is 0 Å². The molecule has 4 nitrogen and oxygen atoms in total. The molecule has 12 aromatic rings. The van der Waals surface area contributed by atoms with Crippen LogP contribution in [-0.2, 0) is 0 Å². The molecule has 0 aliphatic rings. The SMILES string of the molecule is Cc1ccc(-c2ccc3c(c2)c2cc(-c4ccc(C)cc4)ccc2n3-c2cc(-c3ccc(C#N)cc3)c(-n3c4ccc(-c5ccc(C)cc5)cc4c4cc(-c5ccc(C)cc5)ccc43)cn2)cc1. The van der Waals surface area contributed by atoms with E-state index >= 15 is 0 Å². The van der Waals surface area contributed by atoms with Crippen molar-refractivity contribution >= 4 is 43.6 Å². The molecule has 0 N–H and O–H groups in total. The van der Waals surface area contributed by atoms with Crippen LogP contribution >= 0.6 is 0 Å². The van der Waals surface area contributed by atoms with E-state index in [0.29, 0.717) is 5.56 Å². The molecule has 12 rings (SSSR count). The van der Waals surface area contributed by atoms with Crippen molar-refractivity contribution in [2.24, 2.45) is 0 Å². The van der Waals surface area contributed by atoms with Gasteiger partial charge in [0.2, 0.25) is 0 Å². The Labute approximate surface area is 396 Å². The maximum absolute atomic E-state index is 9.89. The molecule has 0 fully saturated rings. The van der Waals surface area contributed by atoms with Crippen molar-refractivity contribution in [1.29, 1.82) is 5.26 Å². The van der Waals surface area contributed by atoms with Gasteiger partial charge in [0.05, 0.1) is 45.6 Å². The summed E-state index contributed by atoms with van der Waals surface area (Å²) in [5.74, 6) is 0.809. The first-order valence-electron chi connectivity index (χ1n) is 23.2. The van der Waals surface area contributed by atoms with E-state index in [1.54, 1.807) is 0 Å². The Morgan fingerprint density at radius 2 is 0.647 bits per heavy atom. The molecule has 0 atom stereocenters. The molecule has 322 valence electrons. The zero-order chi connectivity index (χ0) is 46.0. The highest BCUT2D eigenvalue weighted by atomic mass is 15.1. The van der Waals surface area contributed by atoms with Crippen molar-refractivity contribution in [3.63, 3.8) is 0 Å². The monoisotopic (exact) mass is 870 g/mol. The summed E-state index contributed by atoms with van der Waals surface area (Å²) in [4.78, 5) is 5.43. The van der Waals surface area contributed by atoms with Crippen LogP contribution in [0.4, 0.5) is 0 Å². The van der Waals surface area contributed by atoms with Crippen LogP contribution in [-0.4, -0.2) is 14.1 Å². The molecule has 0 saturated heterocycles. The smallest absolute Gasteiger partial charge is 0.138 e. The summed E-state index contributed by atoms with van der Waals surface area (Å²) in [6.45, 7) is 8.52. The lowest BCUT2D eigenvalue weighted by atomic mass is 9.99. The van der Waals surface area contributed by atoms with E-state index in [1.807, 2.05) is 18.3 Å². The van der Waals surface area contributed by atoms with Crippen molar-refractivity contribution in [1.82, 2.24) is 14.1 Å². The summed E-state index contributed by atoms with van der Waals surface area (Å²) in [5, 5.41) is 14.5. The molecular weight excluding hydrogens is 825 g/mol. The second-order valence-corrected chi connectivity index (χ2v) is 18.3. The number of pyridine rings is 1. The molecule has 0 amide bonds. The minimum Gasteiger partial charge on any atom is -0.307 e. The van der Waals surface area contributed by atoms with Crippen molar-refractivity contribution in [3.05, 3.63) is 234 Å². The molecule has 0 unspecified atom stereocenters. The summed E-state index contributed by atoms with van der Waals surface area (Å²) in [5.41, 5.74) is 22.2. The van der Waals surface area contributed by atoms with Crippen LogP contribution in [0.1, 0.15) is 27.8 Å². The van der Waals surface area contributed by atoms with Crippen LogP contribution in [0.3, 0.4) is 0 Å². The van der Waals surface area contributed by atoms with Crippen molar-refractivity contribution in [2.75, 3.05) is 0 Å². The van der Waals surface area contributed by atoms with Crippen LogP contribution < -0.4 is 0 Å². The van der Waals surface area contributed by atoms with Crippen molar-refractivity contribution in [3.8, 4) is 73.2 Å². The van der Waals surface area contributed by atoms with E-state index in [9.17, 15) is 5.26 Å². The van der Waals surface area contributed by atoms with E-state index in [4.69, 9.17) is 4.98 Å². The zero-order valence-corrected chi connectivity index (χ0v) is 38.4. The minimum atomic E-state index is 0.616. The Morgan fingerprint density at radius 3 is 0.985 bits per heavy atom. The van der Waals surface area contributed by atoms with Crippen LogP contribution in [0.15, 0.2) is 206 Å². The maximum Gasteiger partial charge on any atom is 0.138 e. The first-order valence-corrected chi connectivity index (χ1v) is 23.2. The Bertz CT molecular complexity index is 3750. The number of hydrogen-bond acceptors (Lipinski definition) is 2. The Hall–Kier alpha value is -8.78. The Balaban J connectivity index is 1.11. The standard InChI is InChI=1S/C64H46N4/c1-40-5-15-45(16-6-40)50-25-29-59-55(33-50)56-34-51(46-17-7-41(2)8-18-46)26-30-60(56)67(59)63-39-66-64(37-54(63)49-23-13-44(38-65)14-24-49)68-61-31-27-52(47-19-9-42(3)10-20-47)35-57(61)58-36-53(28-32-62(58)68)48-21-11-43(4)12-22-48/h5-37,39H,1-4H3. The zero-order valence-electron chi connectivity index (χ0n) is 38.4. The second kappa shape index (κ2) is 16.3. The summed E-state index contributed by atoms with van der Waals surface area (Å²) < 4.78 is 4.69. The van der Waals surface area contributed by atoms with Gasteiger partial charge in [-0.2, -0.15) is 5.26 Å². The quantitative estimate of drug-likeness (QED) is 0.160. The molecule has 3 heterocycles. The fourth-order valence-corrected chi connectivity index (χ4v) is 9.95. The lowest BCUT2D eigenvalue weighted by molar-refractivity contribution is 1.06. The van der Waals surface area contributed by atoms with Crippen LogP contribution in [0.25, 0.3) is 111 Å². The number of aromatic nitrogens is 3. The van der Waals surface area contributed by atoms with Gasteiger partial charge in [0.1, 0.15) is 5.82 Å². The first kappa shape index (κ1) is 40.7. The van der Waals surface area contributed by atoms with E-state index in [2.05, 4.69) is 231 Å². The third-order valence-electron chi connectivity index (χ3n) is 13.7. The van der Waals surface area contributed by atoms with E-state index in [0.717, 1.165) is 66.2 Å². The molecule has 0 aliphatic heterocycles. The normalized spacial score (nSPS) is 11.5. The lowest BCUT2D eigenvalue weighted by Crippen LogP contribution is -2.03. The van der Waals surface area contributed by atoms with Gasteiger partial charge >= 0.3 is 0 Å². The number of fused-ring (bicyclic) bond motifs is 6. The van der Waals surface area contributed by atoms with E-state index in [1.165, 1.54) is 66.8 Å². The molecule has 0 spiro atoms. The molecule has 0 bridgehead atoms. The largest absolute Gasteiger partial charge is 0.307 e. The average Bonchev–Trinajstić information content (AvgIpc) is 3.88. The number of rotatable bonds is 7. The number of nitrogens with zero attached hydrogens (tertiary/aromatic N) is 4. The van der Waals surface area contributed by atoms with E-state index in [-0.39, 0.29) is 0 Å². The molecule has 9 aromatic carbocycles. The predicted octanol–water partition coefficient (Wildman–Crippen LogP) is 16.7. The molecule has 0 radical (unpaired) electrons. The van der Waals surface area contributed by atoms with Crippen molar-refractivity contribution in [2.45, 2.75) is 27.7 Å². The summed E-state index contributed by atoms with van der Waals surface area (Å²) in [7, 11) is 0. The first-order chi connectivity index (χ1) is 33.3. The molecular formula is C64H46N4. The summed E-state index contributed by atoms with van der Waals surface area (Å²) in [6.07, 6.45) is 2.04. The highest BCUT2D eigenvalue weighted by molar-refractivity contribution is 6.13. The molecule has 4 heteroatoms. The molecule has 0 saturated carbocycles. The number of hydrogen-bond donors (Lipinski definition) is 0. The lowest BCUT2D eigenvalue weighted by Gasteiger charge is -2.17. The van der Waals surface area contributed by atoms with Gasteiger partial charge in [-0.3, -0.25) is 4.57 Å². The predicted molar refractivity (Wildman–Crippen MR) is 284 cm³/mol. The third-order valence-corrected chi connectivity index (χ3v) is 13.7. The average molecular weight is 871 g/mol. The van der Waals surface area contributed by atoms with Gasteiger partial charge in [-0.15, -0.1) is 0 Å². The van der Waals surface area contributed by atoms with Gasteiger partial charge in [-0.05, 0) is 144 Å². The summed E-state index contributed by atoms with van der Waals surface area (Å²) >= 11 is 0. The molecule has 68 heavy (non-hydrogen) atoms. The fourth-order valence-electron chi connectivity index (χ4n) is 9.95.